The lowest BCUT2D eigenvalue weighted by molar-refractivity contribution is 0.100. The standard InChI is InChI=1S/C9H8ClN3OS/c10-7-6(4-13-3-1-2-12-13)5-15-8(7)9(11)14/h1-3,5H,4H2,(H2,11,14). The van der Waals surface area contributed by atoms with Gasteiger partial charge in [-0.15, -0.1) is 11.3 Å². The van der Waals surface area contributed by atoms with Crippen molar-refractivity contribution in [2.45, 2.75) is 6.54 Å². The van der Waals surface area contributed by atoms with E-state index in [1.165, 1.54) is 11.3 Å². The summed E-state index contributed by atoms with van der Waals surface area (Å²) in [5.74, 6) is -0.489. The Morgan fingerprint density at radius 1 is 1.67 bits per heavy atom. The molecule has 0 atom stereocenters. The molecule has 0 spiro atoms. The molecule has 4 nitrogen and oxygen atoms in total. The van der Waals surface area contributed by atoms with Crippen molar-refractivity contribution in [1.29, 1.82) is 0 Å². The first-order valence-corrected chi connectivity index (χ1v) is 5.47. The van der Waals surface area contributed by atoms with E-state index in [1.807, 2.05) is 17.6 Å². The molecule has 0 fully saturated rings. The zero-order valence-electron chi connectivity index (χ0n) is 7.68. The molecule has 0 bridgehead atoms. The quantitative estimate of drug-likeness (QED) is 0.890. The van der Waals surface area contributed by atoms with Crippen LogP contribution in [0.4, 0.5) is 0 Å². The van der Waals surface area contributed by atoms with Crippen LogP contribution in [-0.2, 0) is 6.54 Å². The van der Waals surface area contributed by atoms with Gasteiger partial charge < -0.3 is 5.73 Å². The summed E-state index contributed by atoms with van der Waals surface area (Å²) in [6, 6.07) is 1.83. The number of hydrogen-bond acceptors (Lipinski definition) is 3. The molecular formula is C9H8ClN3OS. The van der Waals surface area contributed by atoms with Gasteiger partial charge in [0.25, 0.3) is 5.91 Å². The molecule has 2 aromatic rings. The molecular weight excluding hydrogens is 234 g/mol. The minimum Gasteiger partial charge on any atom is -0.365 e. The van der Waals surface area contributed by atoms with E-state index in [2.05, 4.69) is 5.10 Å². The van der Waals surface area contributed by atoms with Crippen molar-refractivity contribution < 1.29 is 4.79 Å². The summed E-state index contributed by atoms with van der Waals surface area (Å²) in [6.45, 7) is 0.551. The molecule has 78 valence electrons. The Bertz CT molecular complexity index is 478. The highest BCUT2D eigenvalue weighted by atomic mass is 35.5. The van der Waals surface area contributed by atoms with E-state index in [1.54, 1.807) is 10.9 Å². The lowest BCUT2D eigenvalue weighted by Crippen LogP contribution is -2.09. The molecule has 15 heavy (non-hydrogen) atoms. The number of carbonyl (C=O) groups is 1. The average molecular weight is 242 g/mol. The number of rotatable bonds is 3. The third-order valence-electron chi connectivity index (χ3n) is 1.92. The predicted molar refractivity (Wildman–Crippen MR) is 59.2 cm³/mol. The second kappa shape index (κ2) is 4.04. The number of thiophene rings is 1. The summed E-state index contributed by atoms with van der Waals surface area (Å²) in [7, 11) is 0. The van der Waals surface area contributed by atoms with Crippen molar-refractivity contribution in [3.05, 3.63) is 39.3 Å². The van der Waals surface area contributed by atoms with Gasteiger partial charge in [-0.25, -0.2) is 0 Å². The first-order chi connectivity index (χ1) is 7.18. The average Bonchev–Trinajstić information content (AvgIpc) is 2.78. The van der Waals surface area contributed by atoms with Crippen LogP contribution in [0.15, 0.2) is 23.8 Å². The van der Waals surface area contributed by atoms with Gasteiger partial charge in [-0.05, 0) is 11.4 Å². The fourth-order valence-corrected chi connectivity index (χ4v) is 2.43. The monoisotopic (exact) mass is 241 g/mol. The van der Waals surface area contributed by atoms with Crippen LogP contribution < -0.4 is 5.73 Å². The smallest absolute Gasteiger partial charge is 0.260 e. The van der Waals surface area contributed by atoms with E-state index in [0.717, 1.165) is 5.56 Å². The third-order valence-corrected chi connectivity index (χ3v) is 3.50. The summed E-state index contributed by atoms with van der Waals surface area (Å²) in [4.78, 5) is 11.4. The maximum atomic E-state index is 11.0. The van der Waals surface area contributed by atoms with Crippen molar-refractivity contribution in [3.8, 4) is 0 Å². The van der Waals surface area contributed by atoms with Gasteiger partial charge in [0, 0.05) is 18.0 Å². The molecule has 0 saturated carbocycles. The number of nitrogens with two attached hydrogens (primary N) is 1. The van der Waals surface area contributed by atoms with Gasteiger partial charge in [-0.2, -0.15) is 5.10 Å². The highest BCUT2D eigenvalue weighted by molar-refractivity contribution is 7.13. The van der Waals surface area contributed by atoms with Gasteiger partial charge in [-0.1, -0.05) is 11.6 Å². The summed E-state index contributed by atoms with van der Waals surface area (Å²) in [6.07, 6.45) is 3.52. The van der Waals surface area contributed by atoms with Crippen LogP contribution >= 0.6 is 22.9 Å². The largest absolute Gasteiger partial charge is 0.365 e. The lowest BCUT2D eigenvalue weighted by atomic mass is 10.3. The zero-order valence-corrected chi connectivity index (χ0v) is 9.26. The predicted octanol–water partition coefficient (Wildman–Crippen LogP) is 1.75. The highest BCUT2D eigenvalue weighted by Crippen LogP contribution is 2.27. The number of hydrogen-bond donors (Lipinski definition) is 1. The number of aromatic nitrogens is 2. The molecule has 2 heterocycles. The molecule has 0 aliphatic carbocycles. The Morgan fingerprint density at radius 3 is 3.00 bits per heavy atom. The fraction of sp³-hybridized carbons (Fsp3) is 0.111. The van der Waals surface area contributed by atoms with Crippen LogP contribution in [0, 0.1) is 0 Å². The van der Waals surface area contributed by atoms with Crippen LogP contribution in [0.3, 0.4) is 0 Å². The maximum absolute atomic E-state index is 11.0. The van der Waals surface area contributed by atoms with Crippen molar-refractivity contribution in [2.75, 3.05) is 0 Å². The molecule has 0 aromatic carbocycles. The molecule has 0 unspecified atom stereocenters. The molecule has 2 aromatic heterocycles. The van der Waals surface area contributed by atoms with Crippen molar-refractivity contribution in [3.63, 3.8) is 0 Å². The Kier molecular flexibility index (Phi) is 2.75. The normalized spacial score (nSPS) is 10.5. The summed E-state index contributed by atoms with van der Waals surface area (Å²) >= 11 is 7.26. The SMILES string of the molecule is NC(=O)c1scc(Cn2cccn2)c1Cl. The number of nitrogens with zero attached hydrogens (tertiary/aromatic N) is 2. The van der Waals surface area contributed by atoms with Gasteiger partial charge in [-0.3, -0.25) is 9.48 Å². The van der Waals surface area contributed by atoms with Crippen molar-refractivity contribution >= 4 is 28.8 Å². The Hall–Kier alpha value is -1.33. The number of primary amides is 1. The molecule has 1 amide bonds. The summed E-state index contributed by atoms with van der Waals surface area (Å²) < 4.78 is 1.73. The molecule has 2 rings (SSSR count). The van der Waals surface area contributed by atoms with Gasteiger partial charge in [0.2, 0.25) is 0 Å². The van der Waals surface area contributed by atoms with Gasteiger partial charge in [0.1, 0.15) is 4.88 Å². The Morgan fingerprint density at radius 2 is 2.47 bits per heavy atom. The summed E-state index contributed by atoms with van der Waals surface area (Å²) in [5.41, 5.74) is 6.03. The minimum absolute atomic E-state index is 0.402. The van der Waals surface area contributed by atoms with E-state index < -0.39 is 5.91 Å². The highest BCUT2D eigenvalue weighted by Gasteiger charge is 2.13. The topological polar surface area (TPSA) is 60.9 Å². The van der Waals surface area contributed by atoms with Gasteiger partial charge >= 0.3 is 0 Å². The maximum Gasteiger partial charge on any atom is 0.260 e. The fourth-order valence-electron chi connectivity index (χ4n) is 1.22. The van der Waals surface area contributed by atoms with E-state index in [0.29, 0.717) is 16.4 Å². The minimum atomic E-state index is -0.489. The zero-order chi connectivity index (χ0) is 10.8. The first-order valence-electron chi connectivity index (χ1n) is 4.21. The summed E-state index contributed by atoms with van der Waals surface area (Å²) in [5, 5.41) is 6.31. The van der Waals surface area contributed by atoms with Gasteiger partial charge in [0.15, 0.2) is 0 Å². The lowest BCUT2D eigenvalue weighted by Gasteiger charge is -1.99. The number of halogens is 1. The second-order valence-corrected chi connectivity index (χ2v) is 4.23. The van der Waals surface area contributed by atoms with Crippen LogP contribution in [0.2, 0.25) is 5.02 Å². The third kappa shape index (κ3) is 2.03. The molecule has 0 saturated heterocycles. The van der Waals surface area contributed by atoms with Crippen molar-refractivity contribution in [2.24, 2.45) is 5.73 Å². The van der Waals surface area contributed by atoms with Crippen LogP contribution in [0.1, 0.15) is 15.2 Å². The number of amides is 1. The van der Waals surface area contributed by atoms with Crippen LogP contribution in [0.5, 0.6) is 0 Å². The van der Waals surface area contributed by atoms with E-state index >= 15 is 0 Å². The number of carbonyl (C=O) groups excluding carboxylic acids is 1. The molecule has 0 aliphatic heterocycles. The second-order valence-electron chi connectivity index (χ2n) is 2.97. The van der Waals surface area contributed by atoms with Crippen molar-refractivity contribution in [1.82, 2.24) is 9.78 Å². The van der Waals surface area contributed by atoms with E-state index in [9.17, 15) is 4.79 Å². The molecule has 0 aliphatic rings. The van der Waals surface area contributed by atoms with Gasteiger partial charge in [0.05, 0.1) is 11.6 Å². The Labute approximate surface area is 95.3 Å². The molecule has 6 heteroatoms. The van der Waals surface area contributed by atoms with E-state index in [-0.39, 0.29) is 0 Å². The van der Waals surface area contributed by atoms with Crippen LogP contribution in [-0.4, -0.2) is 15.7 Å². The Balaban J connectivity index is 2.27. The first kappa shape index (κ1) is 10.2. The van der Waals surface area contributed by atoms with E-state index in [4.69, 9.17) is 17.3 Å². The van der Waals surface area contributed by atoms with Crippen LogP contribution in [0.25, 0.3) is 0 Å². The molecule has 2 N–H and O–H groups in total. The molecule has 0 radical (unpaired) electrons.